The van der Waals surface area contributed by atoms with Crippen LogP contribution in [0.4, 0.5) is 0 Å². The third kappa shape index (κ3) is 3.25. The van der Waals surface area contributed by atoms with E-state index in [-0.39, 0.29) is 12.5 Å². The molecule has 0 saturated carbocycles. The first-order valence-corrected chi connectivity index (χ1v) is 5.70. The topological polar surface area (TPSA) is 55.5 Å². The molecule has 0 aliphatic rings. The fraction of sp³-hybridized carbons (Fsp3) is 0.455. The maximum atomic E-state index is 9.10. The van der Waals surface area contributed by atoms with Crippen LogP contribution in [-0.4, -0.2) is 25.4 Å². The van der Waals surface area contributed by atoms with E-state index in [1.54, 1.807) is 19.2 Å². The maximum absolute atomic E-state index is 9.10. The highest BCUT2D eigenvalue weighted by molar-refractivity contribution is 6.35. The third-order valence-corrected chi connectivity index (χ3v) is 2.89. The lowest BCUT2D eigenvalue weighted by Gasteiger charge is -2.15. The van der Waals surface area contributed by atoms with Crippen LogP contribution in [0.15, 0.2) is 12.1 Å². The first kappa shape index (κ1) is 13.6. The van der Waals surface area contributed by atoms with Gasteiger partial charge in [-0.2, -0.15) is 0 Å². The van der Waals surface area contributed by atoms with E-state index < -0.39 is 0 Å². The van der Waals surface area contributed by atoms with Gasteiger partial charge in [0.1, 0.15) is 5.75 Å². The van der Waals surface area contributed by atoms with E-state index in [9.17, 15) is 0 Å². The Bertz CT molecular complexity index is 354. The lowest BCUT2D eigenvalue weighted by atomic mass is 9.99. The van der Waals surface area contributed by atoms with E-state index in [1.165, 1.54) is 0 Å². The zero-order valence-corrected chi connectivity index (χ0v) is 10.6. The molecule has 0 amide bonds. The molecule has 0 bridgehead atoms. The van der Waals surface area contributed by atoms with Crippen LogP contribution < -0.4 is 10.5 Å². The molecule has 1 unspecified atom stereocenters. The van der Waals surface area contributed by atoms with Gasteiger partial charge in [0.2, 0.25) is 0 Å². The minimum atomic E-state index is -0.0107. The van der Waals surface area contributed by atoms with Crippen molar-refractivity contribution in [2.45, 2.75) is 6.42 Å². The van der Waals surface area contributed by atoms with Gasteiger partial charge in [0.05, 0.1) is 12.1 Å². The minimum absolute atomic E-state index is 0.0107. The summed E-state index contributed by atoms with van der Waals surface area (Å²) in [5, 5.41) is 10.1. The Kier molecular flexibility index (Phi) is 5.35. The number of ether oxygens (including phenoxy) is 1. The summed E-state index contributed by atoms with van der Waals surface area (Å²) in [5.41, 5.74) is 6.40. The average molecular weight is 264 g/mol. The van der Waals surface area contributed by atoms with Crippen LogP contribution >= 0.6 is 23.2 Å². The lowest BCUT2D eigenvalue weighted by Crippen LogP contribution is -2.20. The largest absolute Gasteiger partial charge is 0.495 e. The van der Waals surface area contributed by atoms with Crippen molar-refractivity contribution in [2.24, 2.45) is 11.7 Å². The van der Waals surface area contributed by atoms with Gasteiger partial charge in [-0.15, -0.1) is 0 Å². The molecule has 0 saturated heterocycles. The molecule has 90 valence electrons. The molecule has 5 heteroatoms. The number of aliphatic hydroxyl groups is 1. The smallest absolute Gasteiger partial charge is 0.140 e. The zero-order chi connectivity index (χ0) is 12.1. The van der Waals surface area contributed by atoms with Crippen LogP contribution in [0.3, 0.4) is 0 Å². The highest BCUT2D eigenvalue weighted by Gasteiger charge is 2.14. The quantitative estimate of drug-likeness (QED) is 0.856. The van der Waals surface area contributed by atoms with Crippen molar-refractivity contribution in [2.75, 3.05) is 20.3 Å². The van der Waals surface area contributed by atoms with E-state index in [2.05, 4.69) is 0 Å². The standard InChI is InChI=1S/C11H15Cl2NO2/c1-16-11-8(2-7(5-14)6-15)3-9(12)4-10(11)13/h3-4,7,15H,2,5-6,14H2,1H3. The molecule has 0 aliphatic carbocycles. The van der Waals surface area contributed by atoms with Gasteiger partial charge in [-0.05, 0) is 36.6 Å². The molecule has 3 N–H and O–H groups in total. The molecule has 1 atom stereocenters. The van der Waals surface area contributed by atoms with Gasteiger partial charge in [-0.25, -0.2) is 0 Å². The summed E-state index contributed by atoms with van der Waals surface area (Å²) >= 11 is 11.9. The Morgan fingerprint density at radius 2 is 2.12 bits per heavy atom. The first-order chi connectivity index (χ1) is 7.62. The summed E-state index contributed by atoms with van der Waals surface area (Å²) in [6, 6.07) is 3.41. The second kappa shape index (κ2) is 6.30. The van der Waals surface area contributed by atoms with Crippen LogP contribution in [0.25, 0.3) is 0 Å². The number of hydrogen-bond donors (Lipinski definition) is 2. The first-order valence-electron chi connectivity index (χ1n) is 4.95. The predicted molar refractivity (Wildman–Crippen MR) is 66.3 cm³/mol. The van der Waals surface area contributed by atoms with Gasteiger partial charge in [0.15, 0.2) is 0 Å². The second-order valence-electron chi connectivity index (χ2n) is 3.57. The number of hydrogen-bond acceptors (Lipinski definition) is 3. The van der Waals surface area contributed by atoms with Gasteiger partial charge in [0, 0.05) is 11.6 Å². The van der Waals surface area contributed by atoms with Crippen molar-refractivity contribution in [1.29, 1.82) is 0 Å². The molecule has 3 nitrogen and oxygen atoms in total. The summed E-state index contributed by atoms with van der Waals surface area (Å²) in [6.07, 6.45) is 0.594. The molecule has 0 fully saturated rings. The predicted octanol–water partition coefficient (Wildman–Crippen LogP) is 2.11. The number of methoxy groups -OCH3 is 1. The highest BCUT2D eigenvalue weighted by Crippen LogP contribution is 2.33. The van der Waals surface area contributed by atoms with E-state index in [4.69, 9.17) is 38.8 Å². The Labute approximate surface area is 105 Å². The molecule has 1 aromatic rings. The van der Waals surface area contributed by atoms with Crippen molar-refractivity contribution < 1.29 is 9.84 Å². The van der Waals surface area contributed by atoms with E-state index >= 15 is 0 Å². The van der Waals surface area contributed by atoms with Crippen LogP contribution in [-0.2, 0) is 6.42 Å². The van der Waals surface area contributed by atoms with E-state index in [0.29, 0.717) is 28.8 Å². The fourth-order valence-corrected chi connectivity index (χ4v) is 2.14. The summed E-state index contributed by atoms with van der Waals surface area (Å²) in [7, 11) is 1.55. The van der Waals surface area contributed by atoms with E-state index in [0.717, 1.165) is 5.56 Å². The maximum Gasteiger partial charge on any atom is 0.140 e. The molecule has 16 heavy (non-hydrogen) atoms. The van der Waals surface area contributed by atoms with Crippen LogP contribution in [0.2, 0.25) is 10.0 Å². The summed E-state index contributed by atoms with van der Waals surface area (Å²) in [5.74, 6) is 0.585. The highest BCUT2D eigenvalue weighted by atomic mass is 35.5. The van der Waals surface area contributed by atoms with Gasteiger partial charge in [-0.1, -0.05) is 23.2 Å². The Balaban J connectivity index is 3.01. The summed E-state index contributed by atoms with van der Waals surface area (Å²) < 4.78 is 5.21. The molecule has 0 spiro atoms. The van der Waals surface area contributed by atoms with Crippen molar-refractivity contribution in [3.63, 3.8) is 0 Å². The lowest BCUT2D eigenvalue weighted by molar-refractivity contribution is 0.229. The van der Waals surface area contributed by atoms with E-state index in [1.807, 2.05) is 0 Å². The second-order valence-corrected chi connectivity index (χ2v) is 4.41. The normalized spacial score (nSPS) is 12.6. The molecule has 0 heterocycles. The van der Waals surface area contributed by atoms with Crippen molar-refractivity contribution >= 4 is 23.2 Å². The number of nitrogens with two attached hydrogens (primary N) is 1. The number of halogens is 2. The Morgan fingerprint density at radius 1 is 1.44 bits per heavy atom. The molecule has 1 aromatic carbocycles. The van der Waals surface area contributed by atoms with Gasteiger partial charge >= 0.3 is 0 Å². The molecular formula is C11H15Cl2NO2. The SMILES string of the molecule is COc1c(Cl)cc(Cl)cc1CC(CN)CO. The van der Waals surface area contributed by atoms with Crippen molar-refractivity contribution in [1.82, 2.24) is 0 Å². The minimum Gasteiger partial charge on any atom is -0.495 e. The number of benzene rings is 1. The monoisotopic (exact) mass is 263 g/mol. The number of rotatable bonds is 5. The molecule has 1 rings (SSSR count). The Hall–Kier alpha value is -0.480. The van der Waals surface area contributed by atoms with Gasteiger partial charge in [0.25, 0.3) is 0 Å². The third-order valence-electron chi connectivity index (χ3n) is 2.39. The van der Waals surface area contributed by atoms with Crippen LogP contribution in [0, 0.1) is 5.92 Å². The molecule has 0 aromatic heterocycles. The molecule has 0 aliphatic heterocycles. The van der Waals surface area contributed by atoms with Crippen LogP contribution in [0.1, 0.15) is 5.56 Å². The summed E-state index contributed by atoms with van der Waals surface area (Å²) in [6.45, 7) is 0.438. The van der Waals surface area contributed by atoms with Gasteiger partial charge in [-0.3, -0.25) is 0 Å². The van der Waals surface area contributed by atoms with Gasteiger partial charge < -0.3 is 15.6 Å². The molecule has 0 radical (unpaired) electrons. The Morgan fingerprint density at radius 3 is 2.62 bits per heavy atom. The zero-order valence-electron chi connectivity index (χ0n) is 9.04. The average Bonchev–Trinajstić information content (AvgIpc) is 2.25. The summed E-state index contributed by atoms with van der Waals surface area (Å²) in [4.78, 5) is 0. The number of aliphatic hydroxyl groups excluding tert-OH is 1. The van der Waals surface area contributed by atoms with Crippen molar-refractivity contribution in [3.8, 4) is 5.75 Å². The van der Waals surface area contributed by atoms with Crippen LogP contribution in [0.5, 0.6) is 5.75 Å². The fourth-order valence-electron chi connectivity index (χ4n) is 1.53. The molecular weight excluding hydrogens is 249 g/mol. The van der Waals surface area contributed by atoms with Crippen molar-refractivity contribution in [3.05, 3.63) is 27.7 Å².